The van der Waals surface area contributed by atoms with Crippen molar-refractivity contribution in [3.63, 3.8) is 0 Å². The van der Waals surface area contributed by atoms with E-state index in [9.17, 15) is 4.79 Å². The minimum atomic E-state index is -0.262. The van der Waals surface area contributed by atoms with E-state index < -0.39 is 0 Å². The molecule has 2 aromatic carbocycles. The number of amidine groups is 1. The number of nitrogens with zero attached hydrogens (tertiary/aromatic N) is 1. The molecule has 0 saturated carbocycles. The van der Waals surface area contributed by atoms with Crippen LogP contribution in [-0.2, 0) is 4.79 Å². The summed E-state index contributed by atoms with van der Waals surface area (Å²) in [5.41, 5.74) is 1.84. The third kappa shape index (κ3) is 3.23. The Kier molecular flexibility index (Phi) is 4.15. The largest absolute Gasteiger partial charge is 0.490 e. The van der Waals surface area contributed by atoms with Crippen LogP contribution in [0, 0.1) is 0 Å². The van der Waals surface area contributed by atoms with Gasteiger partial charge in [0.2, 0.25) is 0 Å². The highest BCUT2D eigenvalue weighted by Crippen LogP contribution is 2.31. The van der Waals surface area contributed by atoms with Crippen LogP contribution < -0.4 is 14.8 Å². The SMILES string of the molecule is O=C1NC(c2ccccc2Cl)=N/C1=C/c1ccc2c(c1)OCCCO2. The van der Waals surface area contributed by atoms with Gasteiger partial charge >= 0.3 is 0 Å². The number of aliphatic imine (C=N–C) groups is 1. The van der Waals surface area contributed by atoms with Crippen LogP contribution in [0.5, 0.6) is 11.5 Å². The first-order valence-corrected chi connectivity index (χ1v) is 8.35. The minimum Gasteiger partial charge on any atom is -0.490 e. The molecule has 1 amide bonds. The smallest absolute Gasteiger partial charge is 0.275 e. The first kappa shape index (κ1) is 15.7. The second kappa shape index (κ2) is 6.61. The molecule has 6 heteroatoms. The van der Waals surface area contributed by atoms with Crippen molar-refractivity contribution < 1.29 is 14.3 Å². The van der Waals surface area contributed by atoms with Gasteiger partial charge in [0.1, 0.15) is 11.5 Å². The molecule has 0 radical (unpaired) electrons. The number of carbonyl (C=O) groups is 1. The summed E-state index contributed by atoms with van der Waals surface area (Å²) in [6.45, 7) is 1.25. The summed E-state index contributed by atoms with van der Waals surface area (Å²) in [7, 11) is 0. The number of hydrogen-bond acceptors (Lipinski definition) is 4. The maximum Gasteiger partial charge on any atom is 0.275 e. The third-order valence-corrected chi connectivity index (χ3v) is 4.23. The van der Waals surface area contributed by atoms with Crippen LogP contribution in [0.4, 0.5) is 0 Å². The molecule has 1 N–H and O–H groups in total. The normalized spacial score (nSPS) is 17.9. The molecule has 2 aliphatic rings. The van der Waals surface area contributed by atoms with Crippen molar-refractivity contribution in [2.75, 3.05) is 13.2 Å². The van der Waals surface area contributed by atoms with Gasteiger partial charge in [-0.2, -0.15) is 0 Å². The zero-order valence-electron chi connectivity index (χ0n) is 13.3. The number of carbonyl (C=O) groups excluding carboxylic acids is 1. The first-order chi connectivity index (χ1) is 12.2. The van der Waals surface area contributed by atoms with Gasteiger partial charge in [-0.3, -0.25) is 4.79 Å². The topological polar surface area (TPSA) is 59.9 Å². The number of nitrogens with one attached hydrogen (secondary N) is 1. The first-order valence-electron chi connectivity index (χ1n) is 7.97. The van der Waals surface area contributed by atoms with Crippen LogP contribution >= 0.6 is 11.6 Å². The molecular formula is C19H15ClN2O3. The van der Waals surface area contributed by atoms with E-state index in [1.807, 2.05) is 36.4 Å². The van der Waals surface area contributed by atoms with Crippen LogP contribution in [0.2, 0.25) is 5.02 Å². The quantitative estimate of drug-likeness (QED) is 0.841. The molecule has 0 aliphatic carbocycles. The van der Waals surface area contributed by atoms with Gasteiger partial charge in [0, 0.05) is 12.0 Å². The Bertz CT molecular complexity index is 905. The van der Waals surface area contributed by atoms with E-state index in [0.29, 0.717) is 41.1 Å². The summed E-state index contributed by atoms with van der Waals surface area (Å²) < 4.78 is 11.3. The van der Waals surface area contributed by atoms with Crippen molar-refractivity contribution in [1.82, 2.24) is 5.32 Å². The molecule has 2 aliphatic heterocycles. The fourth-order valence-corrected chi connectivity index (χ4v) is 2.90. The van der Waals surface area contributed by atoms with Crippen LogP contribution in [0.15, 0.2) is 53.2 Å². The fourth-order valence-electron chi connectivity index (χ4n) is 2.68. The van der Waals surface area contributed by atoms with Gasteiger partial charge in [-0.1, -0.05) is 29.8 Å². The third-order valence-electron chi connectivity index (χ3n) is 3.90. The van der Waals surface area contributed by atoms with E-state index in [4.69, 9.17) is 21.1 Å². The van der Waals surface area contributed by atoms with Crippen LogP contribution in [0.1, 0.15) is 17.5 Å². The highest BCUT2D eigenvalue weighted by Gasteiger charge is 2.22. The van der Waals surface area contributed by atoms with Gasteiger partial charge in [-0.25, -0.2) is 4.99 Å². The number of ether oxygens (including phenoxy) is 2. The summed E-state index contributed by atoms with van der Waals surface area (Å²) in [5, 5.41) is 3.30. The maximum atomic E-state index is 12.2. The van der Waals surface area contributed by atoms with E-state index in [2.05, 4.69) is 10.3 Å². The molecule has 0 fully saturated rings. The minimum absolute atomic E-state index is 0.262. The Labute approximate surface area is 149 Å². The molecule has 2 heterocycles. The summed E-state index contributed by atoms with van der Waals surface area (Å²) in [6, 6.07) is 12.8. The van der Waals surface area contributed by atoms with Gasteiger partial charge in [0.05, 0.1) is 18.2 Å². The van der Waals surface area contributed by atoms with Crippen LogP contribution in [0.3, 0.4) is 0 Å². The summed E-state index contributed by atoms with van der Waals surface area (Å²) in [5.74, 6) is 1.59. The lowest BCUT2D eigenvalue weighted by Gasteiger charge is -2.07. The Hall–Kier alpha value is -2.79. The highest BCUT2D eigenvalue weighted by molar-refractivity contribution is 6.35. The molecule has 0 bridgehead atoms. The molecule has 0 saturated heterocycles. The van der Waals surface area contributed by atoms with Crippen molar-refractivity contribution in [2.24, 2.45) is 4.99 Å². The Morgan fingerprint density at radius 3 is 2.72 bits per heavy atom. The molecule has 0 aromatic heterocycles. The van der Waals surface area contributed by atoms with Gasteiger partial charge in [-0.05, 0) is 35.9 Å². The molecule has 0 atom stereocenters. The van der Waals surface area contributed by atoms with Gasteiger partial charge in [0.15, 0.2) is 11.5 Å². The monoisotopic (exact) mass is 354 g/mol. The van der Waals surface area contributed by atoms with E-state index in [1.54, 1.807) is 12.1 Å². The van der Waals surface area contributed by atoms with Gasteiger partial charge in [0.25, 0.3) is 5.91 Å². The number of halogens is 1. The predicted octanol–water partition coefficient (Wildman–Crippen LogP) is 3.42. The number of fused-ring (bicyclic) bond motifs is 1. The number of hydrogen-bond donors (Lipinski definition) is 1. The highest BCUT2D eigenvalue weighted by atomic mass is 35.5. The van der Waals surface area contributed by atoms with Gasteiger partial charge in [-0.15, -0.1) is 0 Å². The Balaban J connectivity index is 1.66. The van der Waals surface area contributed by atoms with Crippen molar-refractivity contribution in [3.8, 4) is 11.5 Å². The molecule has 25 heavy (non-hydrogen) atoms. The lowest BCUT2D eigenvalue weighted by atomic mass is 10.1. The molecule has 5 nitrogen and oxygen atoms in total. The van der Waals surface area contributed by atoms with E-state index in [1.165, 1.54) is 0 Å². The van der Waals surface area contributed by atoms with Crippen LogP contribution in [0.25, 0.3) is 6.08 Å². The maximum absolute atomic E-state index is 12.2. The lowest BCUT2D eigenvalue weighted by molar-refractivity contribution is -0.115. The summed E-state index contributed by atoms with van der Waals surface area (Å²) in [4.78, 5) is 16.6. The van der Waals surface area contributed by atoms with E-state index in [-0.39, 0.29) is 5.91 Å². The van der Waals surface area contributed by atoms with Gasteiger partial charge < -0.3 is 14.8 Å². The lowest BCUT2D eigenvalue weighted by Crippen LogP contribution is -2.24. The molecule has 126 valence electrons. The number of rotatable bonds is 2. The zero-order valence-corrected chi connectivity index (χ0v) is 14.0. The standard InChI is InChI=1S/C19H15ClN2O3/c20-14-5-2-1-4-13(14)18-21-15(19(23)22-18)10-12-6-7-16-17(11-12)25-9-3-8-24-16/h1-2,4-7,10-11H,3,8-9H2,(H,21,22,23)/b15-10+. The predicted molar refractivity (Wildman–Crippen MR) is 96.2 cm³/mol. The average Bonchev–Trinajstić information content (AvgIpc) is 2.82. The molecule has 2 aromatic rings. The van der Waals surface area contributed by atoms with Crippen LogP contribution in [-0.4, -0.2) is 25.0 Å². The average molecular weight is 355 g/mol. The Morgan fingerprint density at radius 2 is 1.88 bits per heavy atom. The fraction of sp³-hybridized carbons (Fsp3) is 0.158. The number of benzene rings is 2. The van der Waals surface area contributed by atoms with E-state index in [0.717, 1.165) is 17.7 Å². The van der Waals surface area contributed by atoms with Crippen molar-refractivity contribution in [2.45, 2.75) is 6.42 Å². The molecule has 0 spiro atoms. The van der Waals surface area contributed by atoms with Crippen molar-refractivity contribution in [3.05, 3.63) is 64.3 Å². The van der Waals surface area contributed by atoms with Crippen molar-refractivity contribution in [1.29, 1.82) is 0 Å². The molecular weight excluding hydrogens is 340 g/mol. The summed E-state index contributed by atoms with van der Waals surface area (Å²) >= 11 is 6.17. The van der Waals surface area contributed by atoms with Crippen molar-refractivity contribution >= 4 is 29.4 Å². The van der Waals surface area contributed by atoms with E-state index >= 15 is 0 Å². The second-order valence-corrected chi connectivity index (χ2v) is 6.09. The summed E-state index contributed by atoms with van der Waals surface area (Å²) in [6.07, 6.45) is 2.56. The second-order valence-electron chi connectivity index (χ2n) is 5.68. The molecule has 4 rings (SSSR count). The Morgan fingerprint density at radius 1 is 1.08 bits per heavy atom. The molecule has 0 unspecified atom stereocenters. The number of amides is 1. The zero-order chi connectivity index (χ0) is 17.2.